The summed E-state index contributed by atoms with van der Waals surface area (Å²) in [5.41, 5.74) is 13.1. The number of nitrogens with two attached hydrogens (primary N) is 3. The monoisotopic (exact) mass is 434 g/mol. The van der Waals surface area contributed by atoms with Crippen LogP contribution in [0.5, 0.6) is 17.2 Å². The maximum atomic E-state index is 11.6. The molecule has 3 rings (SSSR count). The summed E-state index contributed by atoms with van der Waals surface area (Å²) in [5.74, 6) is 1.33. The normalized spacial score (nSPS) is 16.5. The molecule has 1 atom stereocenters. The molecule has 160 valence electrons. The average molecular weight is 434 g/mol. The summed E-state index contributed by atoms with van der Waals surface area (Å²) in [7, 11) is 0.661. The number of rotatable bonds is 6. The molecule has 0 saturated heterocycles. The topological polar surface area (TPSA) is 168 Å². The number of methoxy groups -OCH3 is 3. The highest BCUT2D eigenvalue weighted by Gasteiger charge is 2.30. The van der Waals surface area contributed by atoms with Crippen molar-refractivity contribution in [2.75, 3.05) is 26.2 Å². The van der Waals surface area contributed by atoms with Gasteiger partial charge in [0.15, 0.2) is 17.7 Å². The van der Waals surface area contributed by atoms with Crippen molar-refractivity contribution in [3.8, 4) is 17.2 Å². The number of ether oxygens (including phenoxy) is 3. The van der Waals surface area contributed by atoms with E-state index in [-0.39, 0.29) is 16.8 Å². The molecule has 1 aliphatic rings. The van der Waals surface area contributed by atoms with Crippen LogP contribution in [0, 0.1) is 0 Å². The maximum absolute atomic E-state index is 11.6. The van der Waals surface area contributed by atoms with E-state index in [0.29, 0.717) is 28.5 Å². The first kappa shape index (κ1) is 21.2. The van der Waals surface area contributed by atoms with Gasteiger partial charge in [0.05, 0.1) is 26.2 Å². The first-order valence-electron chi connectivity index (χ1n) is 8.59. The van der Waals surface area contributed by atoms with Gasteiger partial charge >= 0.3 is 0 Å². The Morgan fingerprint density at radius 2 is 1.53 bits per heavy atom. The molecule has 0 aromatic heterocycles. The summed E-state index contributed by atoms with van der Waals surface area (Å²) in [5, 5.41) is 5.17. The third-order valence-corrected chi connectivity index (χ3v) is 5.33. The van der Waals surface area contributed by atoms with Crippen molar-refractivity contribution >= 4 is 27.6 Å². The van der Waals surface area contributed by atoms with Crippen LogP contribution >= 0.6 is 0 Å². The van der Waals surface area contributed by atoms with Crippen LogP contribution < -0.4 is 35.7 Å². The van der Waals surface area contributed by atoms with E-state index in [1.165, 1.54) is 33.5 Å². The molecule has 6 N–H and O–H groups in total. The van der Waals surface area contributed by atoms with Gasteiger partial charge in [-0.15, -0.1) is 0 Å². The predicted molar refractivity (Wildman–Crippen MR) is 112 cm³/mol. The van der Waals surface area contributed by atoms with Crippen molar-refractivity contribution in [3.63, 3.8) is 0 Å². The summed E-state index contributed by atoms with van der Waals surface area (Å²) >= 11 is 0. The second-order valence-electron chi connectivity index (χ2n) is 6.20. The summed E-state index contributed by atoms with van der Waals surface area (Å²) < 4.78 is 39.3. The van der Waals surface area contributed by atoms with Crippen molar-refractivity contribution in [1.82, 2.24) is 0 Å². The van der Waals surface area contributed by atoms with E-state index in [1.807, 2.05) is 0 Å². The molecule has 12 heteroatoms. The number of primary sulfonamides is 1. The van der Waals surface area contributed by atoms with Crippen LogP contribution in [0.2, 0.25) is 0 Å². The highest BCUT2D eigenvalue weighted by Crippen LogP contribution is 2.42. The second-order valence-corrected chi connectivity index (χ2v) is 7.76. The molecular weight excluding hydrogens is 412 g/mol. The Bertz CT molecular complexity index is 1090. The van der Waals surface area contributed by atoms with Crippen molar-refractivity contribution < 1.29 is 22.6 Å². The first-order valence-corrected chi connectivity index (χ1v) is 10.1. The Kier molecular flexibility index (Phi) is 5.71. The fourth-order valence-corrected chi connectivity index (χ4v) is 3.57. The highest BCUT2D eigenvalue weighted by molar-refractivity contribution is 7.89. The number of aliphatic imine (C=N–C) groups is 2. The SMILES string of the molecule is COc1cc([C@@H]2N=C(N)N=C(N)N2c2ccc(S(N)(=O)=O)cc2)cc(OC)c1OC. The Morgan fingerprint density at radius 3 is 2.00 bits per heavy atom. The predicted octanol–water partition coefficient (Wildman–Crippen LogP) is 0.508. The lowest BCUT2D eigenvalue weighted by molar-refractivity contribution is 0.323. The zero-order valence-electron chi connectivity index (χ0n) is 16.6. The number of sulfonamides is 1. The van der Waals surface area contributed by atoms with Crippen LogP contribution in [0.4, 0.5) is 5.69 Å². The van der Waals surface area contributed by atoms with Gasteiger partial charge in [-0.05, 0) is 36.4 Å². The molecule has 0 amide bonds. The van der Waals surface area contributed by atoms with Crippen molar-refractivity contribution in [2.24, 2.45) is 26.6 Å². The molecule has 0 unspecified atom stereocenters. The molecule has 2 aromatic carbocycles. The van der Waals surface area contributed by atoms with E-state index < -0.39 is 16.2 Å². The third kappa shape index (κ3) is 3.95. The van der Waals surface area contributed by atoms with Crippen molar-refractivity contribution in [2.45, 2.75) is 11.1 Å². The third-order valence-electron chi connectivity index (χ3n) is 4.40. The highest BCUT2D eigenvalue weighted by atomic mass is 32.2. The molecule has 0 radical (unpaired) electrons. The maximum Gasteiger partial charge on any atom is 0.238 e. The Labute approximate surface area is 173 Å². The van der Waals surface area contributed by atoms with Crippen LogP contribution in [0.1, 0.15) is 11.7 Å². The molecule has 2 aromatic rings. The van der Waals surface area contributed by atoms with Crippen LogP contribution in [-0.2, 0) is 10.0 Å². The quantitative estimate of drug-likeness (QED) is 0.591. The lowest BCUT2D eigenvalue weighted by atomic mass is 10.1. The molecule has 1 aliphatic heterocycles. The minimum absolute atomic E-state index is 0.0105. The van der Waals surface area contributed by atoms with Gasteiger partial charge in [0.1, 0.15) is 0 Å². The Hall–Kier alpha value is -3.51. The number of hydrogen-bond acceptors (Lipinski definition) is 10. The zero-order valence-corrected chi connectivity index (χ0v) is 17.4. The van der Waals surface area contributed by atoms with Gasteiger partial charge in [-0.3, -0.25) is 4.90 Å². The number of benzene rings is 2. The van der Waals surface area contributed by atoms with E-state index in [4.69, 9.17) is 30.8 Å². The molecule has 0 fully saturated rings. The largest absolute Gasteiger partial charge is 0.493 e. The molecule has 0 saturated carbocycles. The summed E-state index contributed by atoms with van der Waals surface area (Å²) in [6, 6.07) is 9.26. The molecule has 30 heavy (non-hydrogen) atoms. The summed E-state index contributed by atoms with van der Waals surface area (Å²) in [4.78, 5) is 9.97. The molecule has 1 heterocycles. The van der Waals surface area contributed by atoms with E-state index in [9.17, 15) is 8.42 Å². The van der Waals surface area contributed by atoms with Gasteiger partial charge in [-0.1, -0.05) is 0 Å². The average Bonchev–Trinajstić information content (AvgIpc) is 2.71. The number of guanidine groups is 2. The van der Waals surface area contributed by atoms with E-state index in [0.717, 1.165) is 0 Å². The van der Waals surface area contributed by atoms with Gasteiger partial charge in [0.25, 0.3) is 0 Å². The summed E-state index contributed by atoms with van der Waals surface area (Å²) in [6.07, 6.45) is -0.725. The first-order chi connectivity index (χ1) is 14.2. The van der Waals surface area contributed by atoms with Crippen LogP contribution in [-0.4, -0.2) is 41.7 Å². The molecule has 0 aliphatic carbocycles. The fourth-order valence-electron chi connectivity index (χ4n) is 3.05. The van der Waals surface area contributed by atoms with E-state index >= 15 is 0 Å². The minimum atomic E-state index is -3.84. The minimum Gasteiger partial charge on any atom is -0.493 e. The molecule has 11 nitrogen and oxygen atoms in total. The van der Waals surface area contributed by atoms with Gasteiger partial charge in [-0.25, -0.2) is 18.5 Å². The van der Waals surface area contributed by atoms with Crippen LogP contribution in [0.25, 0.3) is 0 Å². The zero-order chi connectivity index (χ0) is 22.1. The van der Waals surface area contributed by atoms with Gasteiger partial charge in [0, 0.05) is 11.3 Å². The number of hydrogen-bond donors (Lipinski definition) is 3. The van der Waals surface area contributed by atoms with Crippen molar-refractivity contribution in [1.29, 1.82) is 0 Å². The molecule has 0 spiro atoms. The Balaban J connectivity index is 2.13. The molecule has 0 bridgehead atoms. The smallest absolute Gasteiger partial charge is 0.238 e. The lowest BCUT2D eigenvalue weighted by Gasteiger charge is -2.33. The van der Waals surface area contributed by atoms with E-state index in [1.54, 1.807) is 29.2 Å². The molecular formula is C18H22N6O5S. The van der Waals surface area contributed by atoms with Gasteiger partial charge in [-0.2, -0.15) is 4.99 Å². The fraction of sp³-hybridized carbons (Fsp3) is 0.222. The standard InChI is InChI=1S/C18H22N6O5S/c1-27-13-8-10(9-14(28-2)15(13)29-3)16-22-17(19)23-18(20)24(16)11-4-6-12(7-5-11)30(21,25)26/h4-9,16H,1-3H3,(H2,21,25,26)(H4,19,20,22,23)/t16-/m1/s1. The summed E-state index contributed by atoms with van der Waals surface area (Å²) in [6.45, 7) is 0. The lowest BCUT2D eigenvalue weighted by Crippen LogP contribution is -2.44. The van der Waals surface area contributed by atoms with Gasteiger partial charge < -0.3 is 25.7 Å². The van der Waals surface area contributed by atoms with Crippen LogP contribution in [0.15, 0.2) is 51.3 Å². The van der Waals surface area contributed by atoms with E-state index in [2.05, 4.69) is 9.98 Å². The second kappa shape index (κ2) is 8.08. The Morgan fingerprint density at radius 1 is 0.967 bits per heavy atom. The number of anilines is 1. The van der Waals surface area contributed by atoms with Crippen LogP contribution in [0.3, 0.4) is 0 Å². The van der Waals surface area contributed by atoms with Gasteiger partial charge in [0.2, 0.25) is 27.7 Å². The van der Waals surface area contributed by atoms with Crippen molar-refractivity contribution in [3.05, 3.63) is 42.0 Å². The number of nitrogens with zero attached hydrogens (tertiary/aromatic N) is 3.